The van der Waals surface area contributed by atoms with Crippen molar-refractivity contribution in [1.29, 1.82) is 0 Å². The lowest BCUT2D eigenvalue weighted by atomic mass is 9.77. The zero-order valence-corrected chi connectivity index (χ0v) is 14.6. The van der Waals surface area contributed by atoms with E-state index in [1.807, 2.05) is 6.92 Å². The molecule has 1 aliphatic heterocycles. The Morgan fingerprint density at radius 2 is 1.86 bits per heavy atom. The molecule has 2 N–H and O–H groups in total. The van der Waals surface area contributed by atoms with E-state index in [0.717, 1.165) is 36.2 Å². The quantitative estimate of drug-likeness (QED) is 0.896. The number of anilines is 2. The number of nitrogens with zero attached hydrogens (tertiary/aromatic N) is 3. The predicted octanol–water partition coefficient (Wildman–Crippen LogP) is 4.01. The summed E-state index contributed by atoms with van der Waals surface area (Å²) in [5.41, 5.74) is 8.53. The molecule has 0 aliphatic carbocycles. The molecule has 0 radical (unpaired) electrons. The molecule has 1 aliphatic rings. The Morgan fingerprint density at radius 1 is 1.19 bits per heavy atom. The lowest BCUT2D eigenvalue weighted by Crippen LogP contribution is -2.29. The Hall–Kier alpha value is -1.19. The molecule has 21 heavy (non-hydrogen) atoms. The van der Waals surface area contributed by atoms with Gasteiger partial charge in [-0.2, -0.15) is 5.10 Å². The van der Waals surface area contributed by atoms with Crippen molar-refractivity contribution < 1.29 is 0 Å². The summed E-state index contributed by atoms with van der Waals surface area (Å²) in [7, 11) is 0. The Morgan fingerprint density at radius 3 is 2.43 bits per heavy atom. The molecule has 1 aromatic heterocycles. The largest absolute Gasteiger partial charge is 0.394 e. The van der Waals surface area contributed by atoms with Gasteiger partial charge in [-0.3, -0.25) is 0 Å². The summed E-state index contributed by atoms with van der Waals surface area (Å²) >= 11 is 0. The lowest BCUT2D eigenvalue weighted by molar-refractivity contribution is 0.220. The van der Waals surface area contributed by atoms with Gasteiger partial charge in [-0.05, 0) is 51.4 Å². The third-order valence-corrected chi connectivity index (χ3v) is 4.85. The second kappa shape index (κ2) is 5.90. The first-order valence-corrected chi connectivity index (χ1v) is 8.31. The van der Waals surface area contributed by atoms with Crippen LogP contribution in [-0.2, 0) is 0 Å². The summed E-state index contributed by atoms with van der Waals surface area (Å²) in [4.78, 5) is 2.46. The van der Waals surface area contributed by atoms with Crippen molar-refractivity contribution in [2.75, 3.05) is 23.7 Å². The number of hydrogen-bond donors (Lipinski definition) is 1. The van der Waals surface area contributed by atoms with Crippen LogP contribution < -0.4 is 10.6 Å². The number of rotatable bonds is 2. The van der Waals surface area contributed by atoms with Gasteiger partial charge in [0.2, 0.25) is 0 Å². The summed E-state index contributed by atoms with van der Waals surface area (Å²) in [6.07, 6.45) is 3.80. The van der Waals surface area contributed by atoms with E-state index < -0.39 is 0 Å². The molecule has 0 saturated carbocycles. The number of nitrogens with two attached hydrogens (primary N) is 1. The van der Waals surface area contributed by atoms with Crippen molar-refractivity contribution in [2.45, 2.75) is 66.8 Å². The minimum Gasteiger partial charge on any atom is -0.394 e. The van der Waals surface area contributed by atoms with E-state index in [9.17, 15) is 0 Å². The van der Waals surface area contributed by atoms with Crippen LogP contribution in [0, 0.1) is 18.3 Å². The van der Waals surface area contributed by atoms with E-state index in [1.54, 1.807) is 0 Å². The van der Waals surface area contributed by atoms with Gasteiger partial charge in [0.15, 0.2) is 5.82 Å². The van der Waals surface area contributed by atoms with Crippen LogP contribution in [0.2, 0.25) is 0 Å². The van der Waals surface area contributed by atoms with Gasteiger partial charge in [0.1, 0.15) is 0 Å². The maximum Gasteiger partial charge on any atom is 0.150 e. The van der Waals surface area contributed by atoms with E-state index in [4.69, 9.17) is 5.73 Å². The van der Waals surface area contributed by atoms with Crippen LogP contribution in [0.5, 0.6) is 0 Å². The molecule has 0 bridgehead atoms. The molecule has 0 spiro atoms. The van der Waals surface area contributed by atoms with Crippen molar-refractivity contribution in [3.8, 4) is 0 Å². The van der Waals surface area contributed by atoms with Crippen LogP contribution in [0.1, 0.15) is 65.6 Å². The van der Waals surface area contributed by atoms with E-state index >= 15 is 0 Å². The first-order chi connectivity index (χ1) is 9.71. The van der Waals surface area contributed by atoms with E-state index in [2.05, 4.69) is 49.3 Å². The highest BCUT2D eigenvalue weighted by Crippen LogP contribution is 2.37. The molecule has 1 fully saturated rings. The van der Waals surface area contributed by atoms with Gasteiger partial charge >= 0.3 is 0 Å². The molecular formula is C17H32N4. The Kier molecular flexibility index (Phi) is 4.54. The maximum absolute atomic E-state index is 6.32. The van der Waals surface area contributed by atoms with Gasteiger partial charge < -0.3 is 10.6 Å². The summed E-state index contributed by atoms with van der Waals surface area (Å²) in [6.45, 7) is 15.6. The number of aryl methyl sites for hydroxylation is 1. The highest BCUT2D eigenvalue weighted by atomic mass is 15.4. The van der Waals surface area contributed by atoms with Crippen molar-refractivity contribution in [2.24, 2.45) is 11.3 Å². The minimum absolute atomic E-state index is 0.345. The lowest BCUT2D eigenvalue weighted by Gasteiger charge is -2.30. The number of aromatic nitrogens is 2. The highest BCUT2D eigenvalue weighted by Gasteiger charge is 2.29. The molecular weight excluding hydrogens is 260 g/mol. The first-order valence-electron chi connectivity index (χ1n) is 8.31. The molecule has 1 saturated heterocycles. The number of nitrogen functional groups attached to an aromatic ring is 1. The Balaban J connectivity index is 2.24. The van der Waals surface area contributed by atoms with E-state index in [-0.39, 0.29) is 0 Å². The fourth-order valence-corrected chi connectivity index (χ4v) is 3.40. The monoisotopic (exact) mass is 292 g/mol. The third kappa shape index (κ3) is 3.35. The topological polar surface area (TPSA) is 47.1 Å². The van der Waals surface area contributed by atoms with Crippen LogP contribution >= 0.6 is 0 Å². The maximum atomic E-state index is 6.32. The minimum atomic E-state index is 0.345. The standard InChI is InChI=1S/C17H32N4/c1-12(2)21-16(15(18)13(3)19-21)20-10-7-8-14(9-11-20)17(4,5)6/h12,14H,7-11,18H2,1-6H3. The van der Waals surface area contributed by atoms with Gasteiger partial charge in [0.25, 0.3) is 0 Å². The van der Waals surface area contributed by atoms with Gasteiger partial charge in [0.05, 0.1) is 11.4 Å². The molecule has 1 aromatic rings. The third-order valence-electron chi connectivity index (χ3n) is 4.85. The van der Waals surface area contributed by atoms with Crippen LogP contribution in [0.3, 0.4) is 0 Å². The molecule has 1 unspecified atom stereocenters. The van der Waals surface area contributed by atoms with E-state index in [1.165, 1.54) is 19.3 Å². The molecule has 4 heteroatoms. The first kappa shape index (κ1) is 16.2. The van der Waals surface area contributed by atoms with Gasteiger partial charge in [-0.15, -0.1) is 0 Å². The fraction of sp³-hybridized carbons (Fsp3) is 0.824. The van der Waals surface area contributed by atoms with Crippen molar-refractivity contribution >= 4 is 11.5 Å². The van der Waals surface area contributed by atoms with E-state index in [0.29, 0.717) is 11.5 Å². The SMILES string of the molecule is Cc1nn(C(C)C)c(N2CCCC(C(C)(C)C)CC2)c1N. The Bertz CT molecular complexity index is 482. The molecule has 2 rings (SSSR count). The normalized spacial score (nSPS) is 20.9. The highest BCUT2D eigenvalue weighted by molar-refractivity contribution is 5.66. The summed E-state index contributed by atoms with van der Waals surface area (Å²) in [6, 6.07) is 0.345. The fourth-order valence-electron chi connectivity index (χ4n) is 3.40. The average Bonchev–Trinajstić information content (AvgIpc) is 2.57. The second-order valence-corrected chi connectivity index (χ2v) is 7.84. The average molecular weight is 292 g/mol. The second-order valence-electron chi connectivity index (χ2n) is 7.84. The van der Waals surface area contributed by atoms with Crippen molar-refractivity contribution in [1.82, 2.24) is 9.78 Å². The van der Waals surface area contributed by atoms with Gasteiger partial charge in [0, 0.05) is 19.1 Å². The van der Waals surface area contributed by atoms with Crippen LogP contribution in [0.15, 0.2) is 0 Å². The predicted molar refractivity (Wildman–Crippen MR) is 90.8 cm³/mol. The van der Waals surface area contributed by atoms with Gasteiger partial charge in [-0.1, -0.05) is 20.8 Å². The summed E-state index contributed by atoms with van der Waals surface area (Å²) in [5.74, 6) is 1.93. The van der Waals surface area contributed by atoms with Crippen LogP contribution in [0.4, 0.5) is 11.5 Å². The summed E-state index contributed by atoms with van der Waals surface area (Å²) < 4.78 is 2.10. The Labute approximate surface area is 129 Å². The molecule has 0 aromatic carbocycles. The summed E-state index contributed by atoms with van der Waals surface area (Å²) in [5, 5.41) is 4.63. The molecule has 4 nitrogen and oxygen atoms in total. The number of hydrogen-bond acceptors (Lipinski definition) is 3. The molecule has 1 atom stereocenters. The van der Waals surface area contributed by atoms with Crippen molar-refractivity contribution in [3.05, 3.63) is 5.69 Å². The molecule has 0 amide bonds. The van der Waals surface area contributed by atoms with Crippen LogP contribution in [-0.4, -0.2) is 22.9 Å². The molecule has 2 heterocycles. The van der Waals surface area contributed by atoms with Crippen LogP contribution in [0.25, 0.3) is 0 Å². The van der Waals surface area contributed by atoms with Crippen molar-refractivity contribution in [3.63, 3.8) is 0 Å². The zero-order chi connectivity index (χ0) is 15.8. The molecule has 120 valence electrons. The zero-order valence-electron chi connectivity index (χ0n) is 14.6. The smallest absolute Gasteiger partial charge is 0.150 e. The van der Waals surface area contributed by atoms with Gasteiger partial charge in [-0.25, -0.2) is 4.68 Å².